The number of ether oxygens (including phenoxy) is 1. The van der Waals surface area contributed by atoms with Crippen LogP contribution in [0, 0.1) is 0 Å². The number of hydrogen-bond acceptors (Lipinski definition) is 3. The summed E-state index contributed by atoms with van der Waals surface area (Å²) >= 11 is 0. The lowest BCUT2D eigenvalue weighted by Crippen LogP contribution is -2.38. The van der Waals surface area contributed by atoms with E-state index in [4.69, 9.17) is 4.74 Å². The number of benzene rings is 1. The van der Waals surface area contributed by atoms with E-state index in [2.05, 4.69) is 15.3 Å². The molecule has 0 unspecified atom stereocenters. The summed E-state index contributed by atoms with van der Waals surface area (Å²) in [6.45, 7) is 0.0656. The molecule has 0 saturated heterocycles. The molecule has 0 spiro atoms. The maximum absolute atomic E-state index is 11.8. The Morgan fingerprint density at radius 3 is 3.05 bits per heavy atom. The minimum Gasteiger partial charge on any atom is -0.484 e. The van der Waals surface area contributed by atoms with E-state index in [0.29, 0.717) is 11.8 Å². The third-order valence-electron chi connectivity index (χ3n) is 3.73. The molecule has 20 heavy (non-hydrogen) atoms. The Hall–Kier alpha value is -2.04. The highest BCUT2D eigenvalue weighted by atomic mass is 16.5. The van der Waals surface area contributed by atoms with Crippen molar-refractivity contribution < 1.29 is 9.53 Å². The van der Waals surface area contributed by atoms with E-state index >= 15 is 0 Å². The average Bonchev–Trinajstić information content (AvgIpc) is 2.93. The third kappa shape index (κ3) is 3.10. The predicted molar refractivity (Wildman–Crippen MR) is 76.6 cm³/mol. The number of aromatic nitrogens is 2. The van der Waals surface area contributed by atoms with E-state index in [9.17, 15) is 4.79 Å². The number of nitrogens with one attached hydrogen (secondary N) is 2. The maximum Gasteiger partial charge on any atom is 0.258 e. The summed E-state index contributed by atoms with van der Waals surface area (Å²) in [6.07, 6.45) is 7.53. The van der Waals surface area contributed by atoms with Gasteiger partial charge >= 0.3 is 0 Å². The normalized spacial score (nSPS) is 16.2. The molecule has 5 nitrogen and oxygen atoms in total. The number of nitrogens with zero attached hydrogens (tertiary/aromatic N) is 1. The van der Waals surface area contributed by atoms with Gasteiger partial charge in [-0.3, -0.25) is 4.79 Å². The van der Waals surface area contributed by atoms with E-state index in [1.54, 1.807) is 6.33 Å². The smallest absolute Gasteiger partial charge is 0.258 e. The van der Waals surface area contributed by atoms with Crippen molar-refractivity contribution in [1.29, 1.82) is 0 Å². The number of amides is 1. The Balaban J connectivity index is 1.51. The van der Waals surface area contributed by atoms with Crippen LogP contribution >= 0.6 is 0 Å². The Labute approximate surface area is 117 Å². The van der Waals surface area contributed by atoms with Crippen LogP contribution in [0.25, 0.3) is 11.0 Å². The Kier molecular flexibility index (Phi) is 3.85. The summed E-state index contributed by atoms with van der Waals surface area (Å²) in [5.41, 5.74) is 1.80. The van der Waals surface area contributed by atoms with Gasteiger partial charge in [-0.1, -0.05) is 19.3 Å². The summed E-state index contributed by atoms with van der Waals surface area (Å²) < 4.78 is 5.53. The lowest BCUT2D eigenvalue weighted by Gasteiger charge is -2.22. The number of hydrogen-bond donors (Lipinski definition) is 2. The monoisotopic (exact) mass is 273 g/mol. The van der Waals surface area contributed by atoms with Crippen LogP contribution in [0.5, 0.6) is 5.75 Å². The fraction of sp³-hybridized carbons (Fsp3) is 0.467. The van der Waals surface area contributed by atoms with Gasteiger partial charge in [-0.2, -0.15) is 0 Å². The van der Waals surface area contributed by atoms with Gasteiger partial charge in [0.2, 0.25) is 0 Å². The first kappa shape index (κ1) is 13.0. The van der Waals surface area contributed by atoms with Crippen LogP contribution in [0.2, 0.25) is 0 Å². The van der Waals surface area contributed by atoms with Gasteiger partial charge in [0.05, 0.1) is 17.4 Å². The van der Waals surface area contributed by atoms with E-state index < -0.39 is 0 Å². The first-order valence-corrected chi connectivity index (χ1v) is 7.16. The number of H-pyrrole nitrogens is 1. The van der Waals surface area contributed by atoms with Crippen molar-refractivity contribution in [2.75, 3.05) is 6.61 Å². The SMILES string of the molecule is O=C(COc1ccc2nc[nH]c2c1)NC1CCCCC1. The molecule has 0 bridgehead atoms. The van der Waals surface area contributed by atoms with Crippen LogP contribution in [0.3, 0.4) is 0 Å². The first-order valence-electron chi connectivity index (χ1n) is 7.16. The second-order valence-corrected chi connectivity index (χ2v) is 5.27. The molecule has 2 aromatic rings. The van der Waals surface area contributed by atoms with E-state index in [1.807, 2.05) is 18.2 Å². The summed E-state index contributed by atoms with van der Waals surface area (Å²) in [4.78, 5) is 19.0. The number of carbonyl (C=O) groups excluding carboxylic acids is 1. The van der Waals surface area contributed by atoms with Gasteiger partial charge in [0.25, 0.3) is 5.91 Å². The molecule has 1 aromatic carbocycles. The number of fused-ring (bicyclic) bond motifs is 1. The van der Waals surface area contributed by atoms with Crippen molar-refractivity contribution in [3.05, 3.63) is 24.5 Å². The van der Waals surface area contributed by atoms with Crippen molar-refractivity contribution in [2.24, 2.45) is 0 Å². The lowest BCUT2D eigenvalue weighted by atomic mass is 9.95. The molecule has 1 amide bonds. The highest BCUT2D eigenvalue weighted by molar-refractivity contribution is 5.78. The van der Waals surface area contributed by atoms with E-state index in [1.165, 1.54) is 19.3 Å². The molecule has 1 aliphatic rings. The molecule has 0 atom stereocenters. The zero-order chi connectivity index (χ0) is 13.8. The molecule has 0 radical (unpaired) electrons. The topological polar surface area (TPSA) is 67.0 Å². The molecular weight excluding hydrogens is 254 g/mol. The van der Waals surface area contributed by atoms with Gasteiger partial charge in [-0.25, -0.2) is 4.98 Å². The van der Waals surface area contributed by atoms with Crippen LogP contribution < -0.4 is 10.1 Å². The van der Waals surface area contributed by atoms with Crippen LogP contribution in [-0.4, -0.2) is 28.5 Å². The van der Waals surface area contributed by atoms with Gasteiger partial charge in [-0.15, -0.1) is 0 Å². The second-order valence-electron chi connectivity index (χ2n) is 5.27. The molecule has 106 valence electrons. The number of carbonyl (C=O) groups is 1. The minimum absolute atomic E-state index is 0.0402. The Morgan fingerprint density at radius 1 is 1.35 bits per heavy atom. The molecule has 1 saturated carbocycles. The molecule has 0 aliphatic heterocycles. The van der Waals surface area contributed by atoms with Crippen LogP contribution in [-0.2, 0) is 4.79 Å². The van der Waals surface area contributed by atoms with Crippen LogP contribution in [0.4, 0.5) is 0 Å². The zero-order valence-electron chi connectivity index (χ0n) is 11.4. The van der Waals surface area contributed by atoms with Crippen molar-refractivity contribution in [3.8, 4) is 5.75 Å². The molecular formula is C15H19N3O2. The third-order valence-corrected chi connectivity index (χ3v) is 3.73. The number of imidazole rings is 1. The largest absolute Gasteiger partial charge is 0.484 e. The molecule has 3 rings (SSSR count). The molecule has 1 heterocycles. The standard InChI is InChI=1S/C15H19N3O2/c19-15(18-11-4-2-1-3-5-11)9-20-12-6-7-13-14(8-12)17-10-16-13/h6-8,10-11H,1-5,9H2,(H,16,17)(H,18,19). The number of rotatable bonds is 4. The second kappa shape index (κ2) is 5.94. The lowest BCUT2D eigenvalue weighted by molar-refractivity contribution is -0.124. The Morgan fingerprint density at radius 2 is 2.20 bits per heavy atom. The average molecular weight is 273 g/mol. The quantitative estimate of drug-likeness (QED) is 0.898. The summed E-state index contributed by atoms with van der Waals surface area (Å²) in [7, 11) is 0. The highest BCUT2D eigenvalue weighted by Crippen LogP contribution is 2.18. The maximum atomic E-state index is 11.8. The van der Waals surface area contributed by atoms with Gasteiger partial charge in [-0.05, 0) is 25.0 Å². The minimum atomic E-state index is -0.0402. The van der Waals surface area contributed by atoms with Crippen molar-refractivity contribution in [1.82, 2.24) is 15.3 Å². The van der Waals surface area contributed by atoms with Crippen molar-refractivity contribution in [3.63, 3.8) is 0 Å². The van der Waals surface area contributed by atoms with Crippen molar-refractivity contribution >= 4 is 16.9 Å². The highest BCUT2D eigenvalue weighted by Gasteiger charge is 2.15. The molecule has 1 aliphatic carbocycles. The van der Waals surface area contributed by atoms with Crippen LogP contribution in [0.15, 0.2) is 24.5 Å². The van der Waals surface area contributed by atoms with E-state index in [0.717, 1.165) is 23.9 Å². The van der Waals surface area contributed by atoms with Crippen LogP contribution in [0.1, 0.15) is 32.1 Å². The number of aromatic amines is 1. The summed E-state index contributed by atoms with van der Waals surface area (Å²) in [6, 6.07) is 5.89. The van der Waals surface area contributed by atoms with Gasteiger partial charge in [0.15, 0.2) is 6.61 Å². The summed E-state index contributed by atoms with van der Waals surface area (Å²) in [5, 5.41) is 3.04. The fourth-order valence-corrected chi connectivity index (χ4v) is 2.67. The predicted octanol–water partition coefficient (Wildman–Crippen LogP) is 2.39. The van der Waals surface area contributed by atoms with E-state index in [-0.39, 0.29) is 12.5 Å². The van der Waals surface area contributed by atoms with Crippen molar-refractivity contribution in [2.45, 2.75) is 38.1 Å². The van der Waals surface area contributed by atoms with Gasteiger partial charge < -0.3 is 15.0 Å². The molecule has 5 heteroatoms. The van der Waals surface area contributed by atoms with Gasteiger partial charge in [0, 0.05) is 12.1 Å². The fourth-order valence-electron chi connectivity index (χ4n) is 2.67. The molecule has 1 fully saturated rings. The zero-order valence-corrected chi connectivity index (χ0v) is 11.4. The molecule has 1 aromatic heterocycles. The summed E-state index contributed by atoms with van der Waals surface area (Å²) in [5.74, 6) is 0.641. The van der Waals surface area contributed by atoms with Gasteiger partial charge in [0.1, 0.15) is 5.75 Å². The molecule has 2 N–H and O–H groups in total. The Bertz CT molecular complexity index is 588. The first-order chi connectivity index (χ1) is 9.81.